The summed E-state index contributed by atoms with van der Waals surface area (Å²) in [6.45, 7) is 6.03. The van der Waals surface area contributed by atoms with Crippen LogP contribution in [0.2, 0.25) is 0 Å². The summed E-state index contributed by atoms with van der Waals surface area (Å²) >= 11 is 4.47. The molecule has 2 rings (SSSR count). The normalized spacial score (nSPS) is 17.9. The van der Waals surface area contributed by atoms with Crippen LogP contribution < -0.4 is 10.1 Å². The van der Waals surface area contributed by atoms with Crippen molar-refractivity contribution in [1.29, 1.82) is 0 Å². The number of likely N-dealkylation sites (N-methyl/N-ethyl adjacent to an activating group) is 1. The van der Waals surface area contributed by atoms with Gasteiger partial charge in [-0.25, -0.2) is 23.2 Å². The van der Waals surface area contributed by atoms with Crippen molar-refractivity contribution in [3.63, 3.8) is 0 Å². The number of hydrogen-bond acceptors (Lipinski definition) is 7. The molecule has 0 radical (unpaired) electrons. The molecule has 1 saturated heterocycles. The summed E-state index contributed by atoms with van der Waals surface area (Å²) in [6, 6.07) is 1.33. The van der Waals surface area contributed by atoms with E-state index in [1.54, 1.807) is 26.8 Å². The number of halogens is 1. The largest absolute Gasteiger partial charge is 0.475 e. The van der Waals surface area contributed by atoms with Crippen molar-refractivity contribution in [2.45, 2.75) is 32.4 Å². The minimum absolute atomic E-state index is 0.161. The highest BCUT2D eigenvalue weighted by molar-refractivity contribution is 9.10. The van der Waals surface area contributed by atoms with Gasteiger partial charge in [0.05, 0.1) is 22.4 Å². The highest BCUT2D eigenvalue weighted by Crippen LogP contribution is 2.29. The van der Waals surface area contributed by atoms with Gasteiger partial charge in [-0.2, -0.15) is 0 Å². The maximum Gasteiger partial charge on any atom is 0.418 e. The SMILES string of the molecule is CN1C[C@@H](COc2ncc(NC(=O)OC(C)(C)C)cc2Br)N(C(=O)O)S1. The van der Waals surface area contributed by atoms with Crippen LogP contribution in [0.15, 0.2) is 16.7 Å². The van der Waals surface area contributed by atoms with E-state index < -0.39 is 17.8 Å². The lowest BCUT2D eigenvalue weighted by Gasteiger charge is -2.20. The molecule has 0 saturated carbocycles. The van der Waals surface area contributed by atoms with Crippen molar-refractivity contribution in [3.8, 4) is 5.88 Å². The number of anilines is 1. The zero-order valence-corrected chi connectivity index (χ0v) is 17.3. The smallest absolute Gasteiger partial charge is 0.418 e. The quantitative estimate of drug-likeness (QED) is 0.674. The molecule has 2 N–H and O–H groups in total. The van der Waals surface area contributed by atoms with Gasteiger partial charge in [0.15, 0.2) is 0 Å². The van der Waals surface area contributed by atoms with Crippen molar-refractivity contribution >= 4 is 45.9 Å². The van der Waals surface area contributed by atoms with Gasteiger partial charge in [-0.1, -0.05) is 0 Å². The molecule has 1 aliphatic rings. The minimum atomic E-state index is -1.02. The van der Waals surface area contributed by atoms with E-state index in [0.717, 1.165) is 12.1 Å². The van der Waals surface area contributed by atoms with E-state index in [0.29, 0.717) is 22.6 Å². The van der Waals surface area contributed by atoms with Crippen molar-refractivity contribution in [2.24, 2.45) is 0 Å². The number of hydrogen-bond donors (Lipinski definition) is 2. The molecule has 144 valence electrons. The number of nitrogens with one attached hydrogen (secondary N) is 1. The lowest BCUT2D eigenvalue weighted by atomic mass is 10.2. The molecule has 0 unspecified atom stereocenters. The third-order valence-corrected chi connectivity index (χ3v) is 4.71. The molecule has 0 spiro atoms. The monoisotopic (exact) mass is 448 g/mol. The van der Waals surface area contributed by atoms with E-state index in [1.165, 1.54) is 10.5 Å². The van der Waals surface area contributed by atoms with Gasteiger partial charge in [0.1, 0.15) is 12.2 Å². The molecule has 0 aromatic carbocycles. The van der Waals surface area contributed by atoms with E-state index in [1.807, 2.05) is 11.4 Å². The number of aromatic nitrogens is 1. The van der Waals surface area contributed by atoms with Crippen LogP contribution in [0.3, 0.4) is 0 Å². The summed E-state index contributed by atoms with van der Waals surface area (Å²) in [6.07, 6.45) is -0.158. The van der Waals surface area contributed by atoms with Gasteiger partial charge < -0.3 is 14.6 Å². The lowest BCUT2D eigenvalue weighted by Crippen LogP contribution is -2.36. The number of rotatable bonds is 4. The Balaban J connectivity index is 1.95. The van der Waals surface area contributed by atoms with Crippen molar-refractivity contribution in [3.05, 3.63) is 16.7 Å². The third-order valence-electron chi connectivity index (χ3n) is 3.08. The van der Waals surface area contributed by atoms with E-state index >= 15 is 0 Å². The summed E-state index contributed by atoms with van der Waals surface area (Å²) in [7, 11) is 1.81. The molecule has 0 aliphatic carbocycles. The minimum Gasteiger partial charge on any atom is -0.475 e. The first-order valence-electron chi connectivity index (χ1n) is 7.75. The van der Waals surface area contributed by atoms with Crippen LogP contribution in [0.1, 0.15) is 20.8 Å². The van der Waals surface area contributed by atoms with Crippen molar-refractivity contribution in [1.82, 2.24) is 13.6 Å². The first-order valence-corrected chi connectivity index (χ1v) is 9.27. The van der Waals surface area contributed by atoms with E-state index in [9.17, 15) is 14.7 Å². The maximum atomic E-state index is 11.8. The van der Waals surface area contributed by atoms with E-state index in [2.05, 4.69) is 26.2 Å². The van der Waals surface area contributed by atoms with E-state index in [4.69, 9.17) is 9.47 Å². The number of carboxylic acid groups (broad SMARTS) is 1. The fraction of sp³-hybridized carbons (Fsp3) is 0.533. The summed E-state index contributed by atoms with van der Waals surface area (Å²) in [4.78, 5) is 27.2. The first kappa shape index (κ1) is 20.6. The maximum absolute atomic E-state index is 11.8. The van der Waals surface area contributed by atoms with Crippen LogP contribution in [-0.4, -0.2) is 62.7 Å². The van der Waals surface area contributed by atoms with Crippen LogP contribution in [0.25, 0.3) is 0 Å². The molecule has 1 atom stereocenters. The van der Waals surface area contributed by atoms with Crippen molar-refractivity contribution in [2.75, 3.05) is 25.5 Å². The highest BCUT2D eigenvalue weighted by atomic mass is 79.9. The molecule has 1 fully saturated rings. The topological polar surface area (TPSA) is 104 Å². The Morgan fingerprint density at radius 1 is 1.50 bits per heavy atom. The lowest BCUT2D eigenvalue weighted by molar-refractivity contribution is 0.0635. The number of amides is 2. The van der Waals surface area contributed by atoms with E-state index in [-0.39, 0.29) is 12.6 Å². The average molecular weight is 449 g/mol. The van der Waals surface area contributed by atoms with Gasteiger partial charge in [-0.3, -0.25) is 5.32 Å². The van der Waals surface area contributed by atoms with Crippen LogP contribution in [-0.2, 0) is 4.74 Å². The van der Waals surface area contributed by atoms with Gasteiger partial charge in [-0.15, -0.1) is 0 Å². The Morgan fingerprint density at radius 2 is 2.19 bits per heavy atom. The molecule has 26 heavy (non-hydrogen) atoms. The molecule has 2 amide bonds. The number of ether oxygens (including phenoxy) is 2. The van der Waals surface area contributed by atoms with Gasteiger partial charge in [0.25, 0.3) is 0 Å². The van der Waals surface area contributed by atoms with Crippen LogP contribution in [0.4, 0.5) is 15.3 Å². The fourth-order valence-corrected chi connectivity index (χ4v) is 3.46. The number of nitrogens with zero attached hydrogens (tertiary/aromatic N) is 3. The number of carbonyl (C=O) groups is 2. The Kier molecular flexibility index (Phi) is 6.58. The molecule has 2 heterocycles. The zero-order chi connectivity index (χ0) is 19.5. The number of carbonyl (C=O) groups excluding carboxylic acids is 1. The zero-order valence-electron chi connectivity index (χ0n) is 14.9. The van der Waals surface area contributed by atoms with Crippen LogP contribution >= 0.6 is 28.1 Å². The second kappa shape index (κ2) is 8.31. The Morgan fingerprint density at radius 3 is 2.77 bits per heavy atom. The van der Waals surface area contributed by atoms with Gasteiger partial charge in [-0.05, 0) is 49.8 Å². The molecular formula is C15H21BrN4O5S. The Labute approximate surface area is 164 Å². The predicted molar refractivity (Wildman–Crippen MR) is 101 cm³/mol. The number of pyridine rings is 1. The molecule has 9 nitrogen and oxygen atoms in total. The fourth-order valence-electron chi connectivity index (χ4n) is 2.13. The summed E-state index contributed by atoms with van der Waals surface area (Å²) in [5, 5.41) is 11.8. The second-order valence-corrected chi connectivity index (χ2v) is 8.64. The predicted octanol–water partition coefficient (Wildman–Crippen LogP) is 3.43. The highest BCUT2D eigenvalue weighted by Gasteiger charge is 2.34. The van der Waals surface area contributed by atoms with Crippen molar-refractivity contribution < 1.29 is 24.2 Å². The third kappa shape index (κ3) is 5.92. The average Bonchev–Trinajstić information content (AvgIpc) is 2.85. The second-order valence-electron chi connectivity index (χ2n) is 6.60. The first-order chi connectivity index (χ1) is 12.0. The van der Waals surface area contributed by atoms with Gasteiger partial charge >= 0.3 is 12.2 Å². The van der Waals surface area contributed by atoms with Crippen LogP contribution in [0.5, 0.6) is 5.88 Å². The van der Waals surface area contributed by atoms with Gasteiger partial charge in [0.2, 0.25) is 5.88 Å². The Bertz CT molecular complexity index is 684. The Hall–Kier alpha value is -1.72. The molecular weight excluding hydrogens is 428 g/mol. The van der Waals surface area contributed by atoms with Crippen LogP contribution in [0, 0.1) is 0 Å². The molecule has 1 aliphatic heterocycles. The summed E-state index contributed by atoms with van der Waals surface area (Å²) in [5.41, 5.74) is -0.151. The molecule has 11 heteroatoms. The molecule has 1 aromatic heterocycles. The van der Waals surface area contributed by atoms with Gasteiger partial charge in [0, 0.05) is 18.7 Å². The molecule has 1 aromatic rings. The summed E-state index contributed by atoms with van der Waals surface area (Å²) in [5.74, 6) is 0.310. The summed E-state index contributed by atoms with van der Waals surface area (Å²) < 4.78 is 14.4. The molecule has 0 bridgehead atoms. The standard InChI is InChI=1S/C15H21BrN4O5S/c1-15(2,3)25-13(21)18-9-5-11(16)12(17-6-9)24-8-10-7-19(4)26-20(10)14(22)23/h5-6,10H,7-8H2,1-4H3,(H,18,21)(H,22,23)/t10-/m0/s1.